The Morgan fingerprint density at radius 2 is 1.47 bits per heavy atom. The molecule has 10 nitrogen and oxygen atoms in total. The number of amides is 4. The Morgan fingerprint density at radius 1 is 0.784 bits per heavy atom. The Kier molecular flexibility index (Phi) is 12.6. The molecule has 4 saturated heterocycles. The van der Waals surface area contributed by atoms with Gasteiger partial charge < -0.3 is 30.2 Å². The molecule has 5 aliphatic heterocycles. The Morgan fingerprint density at radius 3 is 2.16 bits per heavy atom. The first-order chi connectivity index (χ1) is 24.7. The molecule has 10 heteroatoms. The number of likely N-dealkylation sites (tertiary alicyclic amines) is 1. The molecule has 4 amide bonds. The van der Waals surface area contributed by atoms with Crippen LogP contribution in [0.1, 0.15) is 74.6 Å². The lowest BCUT2D eigenvalue weighted by Crippen LogP contribution is -2.57. The summed E-state index contributed by atoms with van der Waals surface area (Å²) in [6.45, 7) is 12.2. The van der Waals surface area contributed by atoms with Crippen molar-refractivity contribution >= 4 is 23.5 Å². The molecule has 0 aliphatic carbocycles. The van der Waals surface area contributed by atoms with Crippen LogP contribution in [0.3, 0.4) is 0 Å². The average molecular weight is 700 g/mol. The third-order valence-electron chi connectivity index (χ3n) is 12.4. The molecular weight excluding hydrogens is 638 g/mol. The van der Waals surface area contributed by atoms with Crippen LogP contribution in [0, 0.1) is 6.92 Å². The van der Waals surface area contributed by atoms with E-state index in [-0.39, 0.29) is 30.4 Å². The van der Waals surface area contributed by atoms with Gasteiger partial charge in [0.2, 0.25) is 11.8 Å². The van der Waals surface area contributed by atoms with Crippen LogP contribution in [0.5, 0.6) is 0 Å². The van der Waals surface area contributed by atoms with E-state index in [2.05, 4.69) is 72.5 Å². The molecule has 2 aromatic carbocycles. The van der Waals surface area contributed by atoms with E-state index in [1.807, 2.05) is 28.0 Å². The summed E-state index contributed by atoms with van der Waals surface area (Å²) < 4.78 is 0. The van der Waals surface area contributed by atoms with E-state index in [1.165, 1.54) is 47.9 Å². The number of nitrogens with zero attached hydrogens (tertiary/aromatic N) is 5. The van der Waals surface area contributed by atoms with Crippen LogP contribution in [0.2, 0.25) is 0 Å². The lowest BCUT2D eigenvalue weighted by atomic mass is 9.96. The molecule has 2 unspecified atom stereocenters. The quantitative estimate of drug-likeness (QED) is 0.460. The Labute approximate surface area is 305 Å². The second kappa shape index (κ2) is 17.3. The molecule has 0 radical (unpaired) electrons. The van der Waals surface area contributed by atoms with Crippen LogP contribution in [0.25, 0.3) is 0 Å². The molecule has 0 aromatic heterocycles. The van der Waals surface area contributed by atoms with Crippen molar-refractivity contribution in [2.24, 2.45) is 0 Å². The van der Waals surface area contributed by atoms with Crippen LogP contribution >= 0.6 is 0 Å². The maximum atomic E-state index is 12.9. The van der Waals surface area contributed by atoms with E-state index in [4.69, 9.17) is 0 Å². The molecule has 0 spiro atoms. The lowest BCUT2D eigenvalue weighted by Gasteiger charge is -2.45. The van der Waals surface area contributed by atoms with Gasteiger partial charge in [0, 0.05) is 75.7 Å². The van der Waals surface area contributed by atoms with Gasteiger partial charge in [-0.25, -0.2) is 4.79 Å². The van der Waals surface area contributed by atoms with Gasteiger partial charge >= 0.3 is 6.03 Å². The van der Waals surface area contributed by atoms with Crippen molar-refractivity contribution in [3.63, 3.8) is 0 Å². The van der Waals surface area contributed by atoms with Crippen molar-refractivity contribution in [2.75, 3.05) is 71.3 Å². The summed E-state index contributed by atoms with van der Waals surface area (Å²) in [5.41, 5.74) is 6.66. The van der Waals surface area contributed by atoms with Gasteiger partial charge in [-0.15, -0.1) is 0 Å². The van der Waals surface area contributed by atoms with E-state index >= 15 is 0 Å². The largest absolute Gasteiger partial charge is 0.376 e. The van der Waals surface area contributed by atoms with Crippen molar-refractivity contribution in [2.45, 2.75) is 103 Å². The number of piperazine rings is 1. The summed E-state index contributed by atoms with van der Waals surface area (Å²) in [6.07, 6.45) is 9.83. The van der Waals surface area contributed by atoms with E-state index < -0.39 is 0 Å². The first kappa shape index (κ1) is 37.1. The zero-order chi connectivity index (χ0) is 35.9. The normalized spacial score (nSPS) is 24.5. The van der Waals surface area contributed by atoms with E-state index in [0.717, 1.165) is 76.1 Å². The van der Waals surface area contributed by atoms with Gasteiger partial charge in [0.15, 0.2) is 0 Å². The number of urea groups is 1. The van der Waals surface area contributed by atoms with Gasteiger partial charge in [-0.2, -0.15) is 0 Å². The SMILES string of the molecule is CCc1ccc(C)cc1CC.CN1C2CCC1CC(N1CCN(C(=O)CNC(=O)N3CCC(N4CCc5ccccc5NCC4=O)CC3)CC1)C2. The fourth-order valence-corrected chi connectivity index (χ4v) is 9.14. The van der Waals surface area contributed by atoms with Crippen LogP contribution < -0.4 is 10.6 Å². The summed E-state index contributed by atoms with van der Waals surface area (Å²) in [7, 11) is 2.28. The number of hydrogen-bond donors (Lipinski definition) is 2. The minimum absolute atomic E-state index is 0.00495. The standard InChI is InChI=1S/C30H45N7O3.C11H16/c1-33-24-6-7-25(33)19-26(18-24)34-14-16-35(17-15-34)28(38)20-32-30(40)36-11-9-23(10-12-36)37-13-8-22-4-2-3-5-27(22)31-21-29(37)39;1-4-10-7-6-9(3)8-11(10)5-2/h2-5,23-26,31H,6-21H2,1H3,(H,32,40);6-8H,4-5H2,1-3H3. The maximum absolute atomic E-state index is 12.9. The van der Waals surface area contributed by atoms with Gasteiger partial charge in [-0.05, 0) is 94.5 Å². The van der Waals surface area contributed by atoms with Gasteiger partial charge in [-0.1, -0.05) is 55.8 Å². The van der Waals surface area contributed by atoms with E-state index in [9.17, 15) is 14.4 Å². The maximum Gasteiger partial charge on any atom is 0.317 e. The topological polar surface area (TPSA) is 91.5 Å². The zero-order valence-corrected chi connectivity index (χ0v) is 31.5. The van der Waals surface area contributed by atoms with Crippen LogP contribution in [-0.4, -0.2) is 132 Å². The van der Waals surface area contributed by atoms with Gasteiger partial charge in [0.05, 0.1) is 13.1 Å². The Hall–Kier alpha value is -3.63. The number of fused-ring (bicyclic) bond motifs is 3. The molecule has 2 N–H and O–H groups in total. The zero-order valence-electron chi connectivity index (χ0n) is 31.5. The number of carbonyl (C=O) groups is 3. The number of piperidine rings is 2. The highest BCUT2D eigenvalue weighted by Crippen LogP contribution is 2.36. The second-order valence-electron chi connectivity index (χ2n) is 15.3. The summed E-state index contributed by atoms with van der Waals surface area (Å²) in [4.78, 5) is 49.5. The summed E-state index contributed by atoms with van der Waals surface area (Å²) in [6, 6.07) is 17.0. The third-order valence-corrected chi connectivity index (χ3v) is 12.4. The molecule has 0 saturated carbocycles. The minimum atomic E-state index is -0.179. The molecule has 7 rings (SSSR count). The van der Waals surface area contributed by atoms with Gasteiger partial charge in [0.1, 0.15) is 0 Å². The third kappa shape index (κ3) is 9.06. The monoisotopic (exact) mass is 699 g/mol. The van der Waals surface area contributed by atoms with Crippen LogP contribution in [0.4, 0.5) is 10.5 Å². The Bertz CT molecular complexity index is 1490. The average Bonchev–Trinajstić information content (AvgIpc) is 3.34. The predicted octanol–water partition coefficient (Wildman–Crippen LogP) is 4.55. The highest BCUT2D eigenvalue weighted by molar-refractivity contribution is 5.84. The van der Waals surface area contributed by atoms with Gasteiger partial charge in [0.25, 0.3) is 0 Å². The van der Waals surface area contributed by atoms with Crippen molar-refractivity contribution in [1.29, 1.82) is 0 Å². The number of hydrogen-bond acceptors (Lipinski definition) is 6. The molecule has 2 bridgehead atoms. The molecule has 2 aromatic rings. The molecule has 5 aliphatic rings. The first-order valence-electron chi connectivity index (χ1n) is 19.7. The fraction of sp³-hybridized carbons (Fsp3) is 0.634. The predicted molar refractivity (Wildman–Crippen MR) is 204 cm³/mol. The first-order valence-corrected chi connectivity index (χ1v) is 19.7. The van der Waals surface area contributed by atoms with Crippen LogP contribution in [-0.2, 0) is 28.9 Å². The minimum Gasteiger partial charge on any atom is -0.376 e. The van der Waals surface area contributed by atoms with E-state index in [0.29, 0.717) is 32.2 Å². The molecule has 51 heavy (non-hydrogen) atoms. The summed E-state index contributed by atoms with van der Waals surface area (Å²) in [5, 5.41) is 6.15. The van der Waals surface area contributed by atoms with Crippen LogP contribution in [0.15, 0.2) is 42.5 Å². The number of nitrogens with one attached hydrogen (secondary N) is 2. The second-order valence-corrected chi connectivity index (χ2v) is 15.3. The number of aryl methyl sites for hydroxylation is 3. The smallest absolute Gasteiger partial charge is 0.317 e. The number of anilines is 1. The molecular formula is C41H61N7O3. The van der Waals surface area contributed by atoms with Crippen molar-refractivity contribution in [1.82, 2.24) is 29.8 Å². The highest BCUT2D eigenvalue weighted by Gasteiger charge is 2.41. The van der Waals surface area contributed by atoms with E-state index in [1.54, 1.807) is 4.90 Å². The molecule has 5 heterocycles. The fourth-order valence-electron chi connectivity index (χ4n) is 9.14. The molecule has 4 fully saturated rings. The molecule has 2 atom stereocenters. The summed E-state index contributed by atoms with van der Waals surface area (Å²) >= 11 is 0. The summed E-state index contributed by atoms with van der Waals surface area (Å²) in [5.74, 6) is 0.122. The van der Waals surface area contributed by atoms with Gasteiger partial charge in [-0.3, -0.25) is 14.5 Å². The lowest BCUT2D eigenvalue weighted by molar-refractivity contribution is -0.133. The Balaban J connectivity index is 0.000000349. The van der Waals surface area contributed by atoms with Crippen molar-refractivity contribution in [3.05, 3.63) is 64.7 Å². The number of para-hydroxylation sites is 1. The number of benzene rings is 2. The molecule has 278 valence electrons. The number of carbonyl (C=O) groups excluding carboxylic acids is 3. The highest BCUT2D eigenvalue weighted by atomic mass is 16.2. The van der Waals surface area contributed by atoms with Crippen molar-refractivity contribution in [3.8, 4) is 0 Å². The van der Waals surface area contributed by atoms with Crippen molar-refractivity contribution < 1.29 is 14.4 Å². The number of rotatable bonds is 6.